The average Bonchev–Trinajstić information content (AvgIpc) is 2.84. The highest BCUT2D eigenvalue weighted by Crippen LogP contribution is 2.39. The van der Waals surface area contributed by atoms with Gasteiger partial charge in [-0.25, -0.2) is 5.43 Å². The van der Waals surface area contributed by atoms with Crippen molar-refractivity contribution in [2.45, 2.75) is 12.5 Å². The highest BCUT2D eigenvalue weighted by atomic mass is 16.6. The summed E-state index contributed by atoms with van der Waals surface area (Å²) in [5.41, 5.74) is 0.269. The zero-order valence-corrected chi connectivity index (χ0v) is 18.3. The minimum Gasteiger partial charge on any atom is -0.488 e. The number of hydrogen-bond donors (Lipinski definition) is 2. The summed E-state index contributed by atoms with van der Waals surface area (Å²) in [5.74, 6) is -1.96. The third-order valence-electron chi connectivity index (χ3n) is 4.85. The highest BCUT2D eigenvalue weighted by Gasteiger charge is 2.40. The number of amides is 1. The van der Waals surface area contributed by atoms with Gasteiger partial charge in [0.1, 0.15) is 0 Å². The van der Waals surface area contributed by atoms with Crippen LogP contribution in [0.5, 0.6) is 11.5 Å². The Morgan fingerprint density at radius 1 is 1.03 bits per heavy atom. The van der Waals surface area contributed by atoms with Gasteiger partial charge in [-0.1, -0.05) is 60.7 Å². The Hall–Kier alpha value is -4.57. The van der Waals surface area contributed by atoms with Crippen LogP contribution in [0.1, 0.15) is 23.6 Å². The number of nitrogens with one attached hydrogen (secondary N) is 1. The second kappa shape index (κ2) is 10.4. The van der Waals surface area contributed by atoms with E-state index in [0.717, 1.165) is 13.1 Å². The Kier molecular flexibility index (Phi) is 7.34. The molecule has 0 atom stereocenters. The summed E-state index contributed by atoms with van der Waals surface area (Å²) in [6, 6.07) is 19.2. The molecule has 0 aliphatic carbocycles. The summed E-state index contributed by atoms with van der Waals surface area (Å²) >= 11 is 0. The molecule has 10 heteroatoms. The van der Waals surface area contributed by atoms with Gasteiger partial charge in [0, 0.05) is 6.92 Å². The molecule has 0 aromatic heterocycles. The van der Waals surface area contributed by atoms with E-state index in [1.54, 1.807) is 60.7 Å². The monoisotopic (exact) mass is 463 g/mol. The Morgan fingerprint density at radius 3 is 2.06 bits per heavy atom. The second-order valence-electron chi connectivity index (χ2n) is 7.03. The van der Waals surface area contributed by atoms with Crippen LogP contribution >= 0.6 is 0 Å². The zero-order chi connectivity index (χ0) is 24.7. The number of carbonyl (C=O) groups is 2. The van der Waals surface area contributed by atoms with Gasteiger partial charge in [0.15, 0.2) is 11.4 Å². The van der Waals surface area contributed by atoms with Gasteiger partial charge in [-0.15, -0.1) is 0 Å². The van der Waals surface area contributed by atoms with Crippen molar-refractivity contribution < 1.29 is 29.1 Å². The predicted octanol–water partition coefficient (Wildman–Crippen LogP) is 2.91. The molecule has 174 valence electrons. The number of nitro benzene ring substituents is 1. The third-order valence-corrected chi connectivity index (χ3v) is 4.85. The van der Waals surface area contributed by atoms with Crippen molar-refractivity contribution in [1.29, 1.82) is 0 Å². The number of hydrogen-bond acceptors (Lipinski definition) is 8. The summed E-state index contributed by atoms with van der Waals surface area (Å²) < 4.78 is 10.0. The van der Waals surface area contributed by atoms with E-state index in [4.69, 9.17) is 9.47 Å². The highest BCUT2D eigenvalue weighted by molar-refractivity contribution is 5.93. The molecule has 3 aromatic carbocycles. The van der Waals surface area contributed by atoms with Crippen molar-refractivity contribution in [2.75, 3.05) is 7.11 Å². The Morgan fingerprint density at radius 2 is 1.59 bits per heavy atom. The number of nitro groups is 1. The van der Waals surface area contributed by atoms with Gasteiger partial charge in [-0.3, -0.25) is 19.7 Å². The van der Waals surface area contributed by atoms with Gasteiger partial charge >= 0.3 is 11.7 Å². The topological polar surface area (TPSA) is 140 Å². The molecule has 0 radical (unpaired) electrons. The third kappa shape index (κ3) is 4.92. The normalized spacial score (nSPS) is 11.1. The standard InChI is InChI=1S/C24H21N3O7/c1-16(28)34-20-14-13-17(21(27(31)32)22(20)33-2)15-25-26-23(29)24(30,18-9-5-3-6-10-18)19-11-7-4-8-12-19/h3-15,30H,1-2H3,(H,26,29)/b25-15+. The molecule has 0 heterocycles. The first-order valence-electron chi connectivity index (χ1n) is 9.99. The van der Waals surface area contributed by atoms with E-state index in [1.807, 2.05) is 0 Å². The van der Waals surface area contributed by atoms with Gasteiger partial charge in [0.05, 0.1) is 23.8 Å². The lowest BCUT2D eigenvalue weighted by molar-refractivity contribution is -0.385. The van der Waals surface area contributed by atoms with Crippen LogP contribution in [0, 0.1) is 10.1 Å². The van der Waals surface area contributed by atoms with Gasteiger partial charge < -0.3 is 14.6 Å². The maximum absolute atomic E-state index is 13.1. The number of aliphatic hydroxyl groups is 1. The van der Waals surface area contributed by atoms with E-state index in [1.165, 1.54) is 19.2 Å². The predicted molar refractivity (Wildman–Crippen MR) is 123 cm³/mol. The zero-order valence-electron chi connectivity index (χ0n) is 18.3. The molecule has 0 saturated carbocycles. The molecule has 3 aromatic rings. The lowest BCUT2D eigenvalue weighted by atomic mass is 9.85. The number of nitrogens with zero attached hydrogens (tertiary/aromatic N) is 2. The lowest BCUT2D eigenvalue weighted by Gasteiger charge is -2.27. The summed E-state index contributed by atoms with van der Waals surface area (Å²) in [6.45, 7) is 1.15. The van der Waals surface area contributed by atoms with Crippen molar-refractivity contribution in [3.63, 3.8) is 0 Å². The molecular weight excluding hydrogens is 442 g/mol. The number of ether oxygens (including phenoxy) is 2. The molecule has 0 aliphatic rings. The first-order valence-corrected chi connectivity index (χ1v) is 9.99. The summed E-state index contributed by atoms with van der Waals surface area (Å²) in [6.07, 6.45) is 1.03. The van der Waals surface area contributed by atoms with Crippen LogP contribution in [0.3, 0.4) is 0 Å². The van der Waals surface area contributed by atoms with E-state index in [9.17, 15) is 24.8 Å². The number of rotatable bonds is 8. The van der Waals surface area contributed by atoms with E-state index in [0.29, 0.717) is 11.1 Å². The van der Waals surface area contributed by atoms with Crippen LogP contribution in [-0.2, 0) is 15.2 Å². The number of esters is 1. The molecule has 3 rings (SSSR count). The van der Waals surface area contributed by atoms with E-state index in [-0.39, 0.29) is 17.1 Å². The maximum atomic E-state index is 13.1. The van der Waals surface area contributed by atoms with Crippen LogP contribution in [0.25, 0.3) is 0 Å². The average molecular weight is 463 g/mol. The fourth-order valence-electron chi connectivity index (χ4n) is 3.32. The molecule has 10 nitrogen and oxygen atoms in total. The quantitative estimate of drug-likeness (QED) is 0.172. The molecule has 0 saturated heterocycles. The molecule has 0 fully saturated rings. The van der Waals surface area contributed by atoms with Crippen molar-refractivity contribution in [3.05, 3.63) is 99.6 Å². The van der Waals surface area contributed by atoms with Crippen LogP contribution in [0.4, 0.5) is 5.69 Å². The first-order chi connectivity index (χ1) is 16.3. The van der Waals surface area contributed by atoms with Gasteiger partial charge in [-0.2, -0.15) is 5.10 Å². The molecular formula is C24H21N3O7. The second-order valence-corrected chi connectivity index (χ2v) is 7.03. The van der Waals surface area contributed by atoms with Crippen LogP contribution in [-0.4, -0.2) is 35.2 Å². The number of benzene rings is 3. The van der Waals surface area contributed by atoms with Crippen LogP contribution < -0.4 is 14.9 Å². The number of hydrazone groups is 1. The van der Waals surface area contributed by atoms with Gasteiger partial charge in [0.25, 0.3) is 5.91 Å². The van der Waals surface area contributed by atoms with Crippen molar-refractivity contribution in [1.82, 2.24) is 5.43 Å². The molecule has 34 heavy (non-hydrogen) atoms. The molecule has 0 spiro atoms. The largest absolute Gasteiger partial charge is 0.488 e. The fraction of sp³-hybridized carbons (Fsp3) is 0.125. The fourth-order valence-corrected chi connectivity index (χ4v) is 3.32. The number of methoxy groups -OCH3 is 1. The van der Waals surface area contributed by atoms with E-state index in [2.05, 4.69) is 10.5 Å². The molecule has 2 N–H and O–H groups in total. The molecule has 0 unspecified atom stereocenters. The smallest absolute Gasteiger partial charge is 0.323 e. The maximum Gasteiger partial charge on any atom is 0.323 e. The Bertz CT molecular complexity index is 1190. The van der Waals surface area contributed by atoms with Crippen LogP contribution in [0.2, 0.25) is 0 Å². The van der Waals surface area contributed by atoms with Gasteiger partial charge in [-0.05, 0) is 23.3 Å². The Labute approximate surface area is 194 Å². The SMILES string of the molecule is COc1c(OC(C)=O)ccc(/C=N/NC(=O)C(O)(c2ccccc2)c2ccccc2)c1[N+](=O)[O-]. The van der Waals surface area contributed by atoms with Crippen molar-refractivity contribution in [2.24, 2.45) is 5.10 Å². The van der Waals surface area contributed by atoms with Crippen molar-refractivity contribution in [3.8, 4) is 11.5 Å². The minimum absolute atomic E-state index is 0.0268. The summed E-state index contributed by atoms with van der Waals surface area (Å²) in [5, 5.41) is 26.9. The van der Waals surface area contributed by atoms with Crippen LogP contribution in [0.15, 0.2) is 77.9 Å². The van der Waals surface area contributed by atoms with Gasteiger partial charge in [0.2, 0.25) is 5.75 Å². The number of carbonyl (C=O) groups excluding carboxylic acids is 2. The molecule has 0 bridgehead atoms. The Balaban J connectivity index is 1.95. The molecule has 0 aliphatic heterocycles. The van der Waals surface area contributed by atoms with Crippen molar-refractivity contribution >= 4 is 23.8 Å². The van der Waals surface area contributed by atoms with E-state index >= 15 is 0 Å². The minimum atomic E-state index is -2.07. The van der Waals surface area contributed by atoms with E-state index < -0.39 is 28.1 Å². The summed E-state index contributed by atoms with van der Waals surface area (Å²) in [4.78, 5) is 35.3. The molecule has 1 amide bonds. The first kappa shape index (κ1) is 24.1. The summed E-state index contributed by atoms with van der Waals surface area (Å²) in [7, 11) is 1.19. The lowest BCUT2D eigenvalue weighted by Crippen LogP contribution is -2.43.